The normalized spacial score (nSPS) is 12.0. The Morgan fingerprint density at radius 2 is 2.17 bits per heavy atom. The van der Waals surface area contributed by atoms with Crippen molar-refractivity contribution in [3.8, 4) is 0 Å². The largest absolute Gasteiger partial charge is 0.396 e. The minimum absolute atomic E-state index is 0.104. The highest BCUT2D eigenvalue weighted by atomic mass is 32.1. The Hall–Kier alpha value is -0.850. The van der Waals surface area contributed by atoms with Crippen LogP contribution in [0.1, 0.15) is 5.82 Å². The molecule has 0 atom stereocenters. The molecule has 0 spiro atoms. The van der Waals surface area contributed by atoms with Crippen LogP contribution in [0.4, 0.5) is 13.2 Å². The summed E-state index contributed by atoms with van der Waals surface area (Å²) < 4.78 is 36.9. The molecule has 1 aromatic rings. The molecule has 0 aromatic carbocycles. The maximum Gasteiger partial charge on any atom is 0.396 e. The summed E-state index contributed by atoms with van der Waals surface area (Å²) >= 11 is 4.64. The van der Waals surface area contributed by atoms with E-state index in [1.54, 1.807) is 0 Å². The number of aromatic amines is 1. The predicted octanol–water partition coefficient (Wildman–Crippen LogP) is 1.58. The van der Waals surface area contributed by atoms with E-state index in [-0.39, 0.29) is 10.6 Å². The van der Waals surface area contributed by atoms with Gasteiger partial charge in [-0.05, 0) is 12.2 Å². The topological polar surface area (TPSA) is 33.6 Å². The molecule has 68 valence electrons. The minimum Gasteiger partial charge on any atom is -0.307 e. The highest BCUT2D eigenvalue weighted by Crippen LogP contribution is 2.19. The van der Waals surface area contributed by atoms with E-state index in [0.717, 1.165) is 0 Å². The van der Waals surface area contributed by atoms with E-state index < -0.39 is 12.6 Å². The third-order valence-electron chi connectivity index (χ3n) is 1.33. The molecule has 12 heavy (non-hydrogen) atoms. The van der Waals surface area contributed by atoms with Crippen molar-refractivity contribution in [1.82, 2.24) is 14.8 Å². The molecule has 1 heterocycles. The van der Waals surface area contributed by atoms with Gasteiger partial charge >= 0.3 is 6.18 Å². The van der Waals surface area contributed by atoms with Gasteiger partial charge in [0.05, 0.1) is 0 Å². The molecule has 0 saturated carbocycles. The lowest BCUT2D eigenvalue weighted by molar-refractivity contribution is -0.128. The first-order valence-corrected chi connectivity index (χ1v) is 3.48. The van der Waals surface area contributed by atoms with Gasteiger partial charge in [0.1, 0.15) is 12.2 Å². The van der Waals surface area contributed by atoms with Gasteiger partial charge in [-0.3, -0.25) is 5.10 Å². The Morgan fingerprint density at radius 1 is 1.58 bits per heavy atom. The van der Waals surface area contributed by atoms with Gasteiger partial charge in [0.2, 0.25) is 0 Å². The van der Waals surface area contributed by atoms with E-state index in [2.05, 4.69) is 22.4 Å². The van der Waals surface area contributed by atoms with Crippen LogP contribution in [0, 0.1) is 4.77 Å². The molecule has 1 aromatic heterocycles. The zero-order chi connectivity index (χ0) is 9.35. The molecular weight excluding hydrogens is 191 g/mol. The second-order valence-electron chi connectivity index (χ2n) is 2.30. The molecule has 0 unspecified atom stereocenters. The summed E-state index contributed by atoms with van der Waals surface area (Å²) in [5.74, 6) is -0.104. The molecule has 0 amide bonds. The van der Waals surface area contributed by atoms with Crippen molar-refractivity contribution in [2.24, 2.45) is 7.05 Å². The molecule has 0 radical (unpaired) electrons. The number of nitrogens with zero attached hydrogens (tertiary/aromatic N) is 2. The lowest BCUT2D eigenvalue weighted by atomic mass is 10.4. The van der Waals surface area contributed by atoms with Crippen molar-refractivity contribution in [1.29, 1.82) is 0 Å². The van der Waals surface area contributed by atoms with Crippen LogP contribution in [0.3, 0.4) is 0 Å². The van der Waals surface area contributed by atoms with Crippen LogP contribution < -0.4 is 0 Å². The average molecular weight is 197 g/mol. The quantitative estimate of drug-likeness (QED) is 0.693. The van der Waals surface area contributed by atoms with Gasteiger partial charge in [-0.1, -0.05) is 0 Å². The summed E-state index contributed by atoms with van der Waals surface area (Å²) in [6, 6.07) is 0. The van der Waals surface area contributed by atoms with Crippen LogP contribution in [0.25, 0.3) is 0 Å². The number of rotatable bonds is 1. The molecular formula is C5H6F3N3S. The number of aromatic nitrogens is 3. The number of halogens is 3. The van der Waals surface area contributed by atoms with Gasteiger partial charge in [-0.15, -0.1) is 0 Å². The molecule has 0 saturated heterocycles. The summed E-state index contributed by atoms with van der Waals surface area (Å²) in [5, 5.41) is 5.70. The third kappa shape index (κ3) is 2.07. The lowest BCUT2D eigenvalue weighted by Crippen LogP contribution is -2.15. The first-order valence-electron chi connectivity index (χ1n) is 3.07. The van der Waals surface area contributed by atoms with Crippen molar-refractivity contribution in [2.75, 3.05) is 0 Å². The smallest absolute Gasteiger partial charge is 0.307 e. The highest BCUT2D eigenvalue weighted by Gasteiger charge is 2.30. The average Bonchev–Trinajstić information content (AvgIpc) is 2.16. The van der Waals surface area contributed by atoms with Crippen LogP contribution in [0.2, 0.25) is 0 Å². The Bertz CT molecular complexity index is 323. The van der Waals surface area contributed by atoms with Gasteiger partial charge in [-0.25, -0.2) is 0 Å². The Labute approximate surface area is 71.2 Å². The van der Waals surface area contributed by atoms with E-state index in [0.29, 0.717) is 0 Å². The Morgan fingerprint density at radius 3 is 2.50 bits per heavy atom. The predicted molar refractivity (Wildman–Crippen MR) is 38.2 cm³/mol. The van der Waals surface area contributed by atoms with Crippen molar-refractivity contribution in [2.45, 2.75) is 12.6 Å². The number of hydrogen-bond acceptors (Lipinski definition) is 2. The fraction of sp³-hybridized carbons (Fsp3) is 0.600. The first kappa shape index (κ1) is 9.24. The second-order valence-corrected chi connectivity index (χ2v) is 2.68. The van der Waals surface area contributed by atoms with Crippen LogP contribution in [-0.2, 0) is 13.5 Å². The van der Waals surface area contributed by atoms with Crippen molar-refractivity contribution >= 4 is 12.2 Å². The van der Waals surface area contributed by atoms with Crippen LogP contribution in [-0.4, -0.2) is 20.9 Å². The summed E-state index contributed by atoms with van der Waals surface area (Å²) in [6.07, 6.45) is -5.30. The van der Waals surface area contributed by atoms with E-state index in [4.69, 9.17) is 0 Å². The summed E-state index contributed by atoms with van der Waals surface area (Å²) in [4.78, 5) is 0. The van der Waals surface area contributed by atoms with Gasteiger partial charge in [-0.2, -0.15) is 18.3 Å². The fourth-order valence-electron chi connectivity index (χ4n) is 0.717. The van der Waals surface area contributed by atoms with Crippen molar-refractivity contribution < 1.29 is 13.2 Å². The number of nitrogens with one attached hydrogen (secondary N) is 1. The standard InChI is InChI=1S/C5H6F3N3S/c1-11-3(2-5(6,7)8)9-10-4(11)12/h2H2,1H3,(H,10,12). The SMILES string of the molecule is Cn1c(CC(F)(F)F)n[nH]c1=S. The summed E-state index contributed by atoms with van der Waals surface area (Å²) in [6.45, 7) is 0. The third-order valence-corrected chi connectivity index (χ3v) is 1.70. The monoisotopic (exact) mass is 197 g/mol. The van der Waals surface area contributed by atoms with Crippen LogP contribution in [0.5, 0.6) is 0 Å². The first-order chi connectivity index (χ1) is 5.40. The summed E-state index contributed by atoms with van der Waals surface area (Å²) in [5.41, 5.74) is 0. The molecule has 1 N–H and O–H groups in total. The number of alkyl halides is 3. The van der Waals surface area contributed by atoms with Crippen LogP contribution in [0.15, 0.2) is 0 Å². The molecule has 1 rings (SSSR count). The van der Waals surface area contributed by atoms with Crippen molar-refractivity contribution in [3.05, 3.63) is 10.6 Å². The molecule has 0 fully saturated rings. The zero-order valence-electron chi connectivity index (χ0n) is 6.14. The second kappa shape index (κ2) is 2.89. The van der Waals surface area contributed by atoms with Crippen LogP contribution >= 0.6 is 12.2 Å². The molecule has 7 heteroatoms. The summed E-state index contributed by atoms with van der Waals surface area (Å²) in [7, 11) is 1.44. The Kier molecular flexibility index (Phi) is 2.22. The lowest BCUT2D eigenvalue weighted by Gasteiger charge is -2.03. The molecule has 0 aliphatic carbocycles. The number of H-pyrrole nitrogens is 1. The van der Waals surface area contributed by atoms with Crippen molar-refractivity contribution in [3.63, 3.8) is 0 Å². The van der Waals surface area contributed by atoms with E-state index >= 15 is 0 Å². The van der Waals surface area contributed by atoms with E-state index in [1.165, 1.54) is 11.6 Å². The molecule has 0 aliphatic heterocycles. The van der Waals surface area contributed by atoms with Gasteiger partial charge < -0.3 is 4.57 Å². The van der Waals surface area contributed by atoms with Gasteiger partial charge in [0, 0.05) is 7.05 Å². The zero-order valence-corrected chi connectivity index (χ0v) is 6.96. The van der Waals surface area contributed by atoms with E-state index in [1.807, 2.05) is 0 Å². The van der Waals surface area contributed by atoms with Gasteiger partial charge in [0.25, 0.3) is 0 Å². The fourth-order valence-corrected chi connectivity index (χ4v) is 0.868. The number of hydrogen-bond donors (Lipinski definition) is 1. The molecule has 3 nitrogen and oxygen atoms in total. The molecule has 0 bridgehead atoms. The Balaban J connectivity index is 2.91. The maximum atomic E-state index is 11.8. The van der Waals surface area contributed by atoms with Gasteiger partial charge in [0.15, 0.2) is 4.77 Å². The maximum absolute atomic E-state index is 11.8. The molecule has 0 aliphatic rings. The minimum atomic E-state index is -4.24. The van der Waals surface area contributed by atoms with E-state index in [9.17, 15) is 13.2 Å². The highest BCUT2D eigenvalue weighted by molar-refractivity contribution is 7.71.